The zero-order valence-electron chi connectivity index (χ0n) is 17.6. The molecule has 3 aromatic rings. The number of nitrogens with one attached hydrogen (secondary N) is 1. The maximum Gasteiger partial charge on any atom is 0.267 e. The van der Waals surface area contributed by atoms with E-state index in [-0.39, 0.29) is 15.9 Å². The minimum atomic E-state index is -3.74. The number of rotatable bonds is 5. The van der Waals surface area contributed by atoms with Crippen LogP contribution in [0.25, 0.3) is 11.3 Å². The molecule has 0 saturated carbocycles. The third kappa shape index (κ3) is 4.15. The maximum atomic E-state index is 12.7. The van der Waals surface area contributed by atoms with Crippen LogP contribution in [0.4, 0.5) is 10.8 Å². The molecule has 2 heterocycles. The van der Waals surface area contributed by atoms with Crippen LogP contribution in [0.2, 0.25) is 0 Å². The fourth-order valence-electron chi connectivity index (χ4n) is 3.33. The van der Waals surface area contributed by atoms with Crippen LogP contribution in [0, 0.1) is 0 Å². The number of thiazole rings is 1. The number of aromatic nitrogens is 1. The van der Waals surface area contributed by atoms with Gasteiger partial charge < -0.3 is 9.64 Å². The third-order valence-corrected chi connectivity index (χ3v) is 7.42. The van der Waals surface area contributed by atoms with Crippen LogP contribution in [0.3, 0.4) is 0 Å². The summed E-state index contributed by atoms with van der Waals surface area (Å²) < 4.78 is 33.6. The highest BCUT2D eigenvalue weighted by molar-refractivity contribution is 7.93. The Hall–Kier alpha value is -2.91. The predicted octanol–water partition coefficient (Wildman–Crippen LogP) is 4.48. The Bertz CT molecular complexity index is 1230. The van der Waals surface area contributed by atoms with Gasteiger partial charge in [0.15, 0.2) is 11.2 Å². The predicted molar refractivity (Wildman–Crippen MR) is 122 cm³/mol. The van der Waals surface area contributed by atoms with Crippen molar-refractivity contribution in [3.05, 3.63) is 53.4 Å². The molecule has 0 spiro atoms. The Balaban J connectivity index is 1.57. The lowest BCUT2D eigenvalue weighted by Gasteiger charge is -2.30. The van der Waals surface area contributed by atoms with E-state index in [1.807, 2.05) is 24.3 Å². The molecule has 162 valence electrons. The van der Waals surface area contributed by atoms with Gasteiger partial charge in [0, 0.05) is 18.0 Å². The van der Waals surface area contributed by atoms with Gasteiger partial charge in [0.05, 0.1) is 16.3 Å². The van der Waals surface area contributed by atoms with E-state index in [1.54, 1.807) is 42.5 Å². The Morgan fingerprint density at radius 2 is 1.87 bits per heavy atom. The second-order valence-electron chi connectivity index (χ2n) is 7.71. The van der Waals surface area contributed by atoms with Gasteiger partial charge >= 0.3 is 0 Å². The number of likely N-dealkylation sites (N-methyl/N-ethyl adjacent to an activating group) is 1. The van der Waals surface area contributed by atoms with Crippen molar-refractivity contribution < 1.29 is 17.9 Å². The van der Waals surface area contributed by atoms with Gasteiger partial charge in [0.25, 0.3) is 15.9 Å². The molecule has 1 atom stereocenters. The summed E-state index contributed by atoms with van der Waals surface area (Å²) in [6.45, 7) is 5.82. The first kappa shape index (κ1) is 21.3. The van der Waals surface area contributed by atoms with Crippen LogP contribution < -0.4 is 14.4 Å². The Morgan fingerprint density at radius 3 is 2.55 bits per heavy atom. The SMILES string of the molecule is CC1Oc2ccc(-c3csc(NS(=O)(=O)c4ccc(C(C)C)cc4)n3)cc2N(C)C1=O. The van der Waals surface area contributed by atoms with E-state index >= 15 is 0 Å². The van der Waals surface area contributed by atoms with Gasteiger partial charge in [-0.25, -0.2) is 13.4 Å². The number of sulfonamides is 1. The van der Waals surface area contributed by atoms with E-state index in [9.17, 15) is 13.2 Å². The molecule has 0 fully saturated rings. The first-order valence-electron chi connectivity index (χ1n) is 9.82. The van der Waals surface area contributed by atoms with Crippen molar-refractivity contribution in [1.29, 1.82) is 0 Å². The van der Waals surface area contributed by atoms with Crippen molar-refractivity contribution in [1.82, 2.24) is 4.98 Å². The zero-order valence-corrected chi connectivity index (χ0v) is 19.3. The van der Waals surface area contributed by atoms with E-state index in [4.69, 9.17) is 4.74 Å². The van der Waals surface area contributed by atoms with Gasteiger partial charge in [0.2, 0.25) is 0 Å². The van der Waals surface area contributed by atoms with E-state index in [0.29, 0.717) is 23.0 Å². The van der Waals surface area contributed by atoms with Crippen LogP contribution in [-0.2, 0) is 14.8 Å². The van der Waals surface area contributed by atoms with Crippen LogP contribution in [0.15, 0.2) is 52.7 Å². The Morgan fingerprint density at radius 1 is 1.16 bits per heavy atom. The fraction of sp³-hybridized carbons (Fsp3) is 0.273. The molecule has 31 heavy (non-hydrogen) atoms. The van der Waals surface area contributed by atoms with E-state index < -0.39 is 16.1 Å². The van der Waals surface area contributed by atoms with Crippen molar-refractivity contribution in [2.45, 2.75) is 37.7 Å². The van der Waals surface area contributed by atoms with Crippen molar-refractivity contribution in [2.24, 2.45) is 0 Å². The number of ether oxygens (including phenoxy) is 1. The van der Waals surface area contributed by atoms with Crippen LogP contribution in [0.1, 0.15) is 32.3 Å². The van der Waals surface area contributed by atoms with Gasteiger partial charge in [-0.05, 0) is 48.7 Å². The number of anilines is 2. The van der Waals surface area contributed by atoms with E-state index in [1.165, 1.54) is 11.3 Å². The molecule has 1 aromatic heterocycles. The fourth-order valence-corrected chi connectivity index (χ4v) is 5.30. The highest BCUT2D eigenvalue weighted by Crippen LogP contribution is 2.37. The van der Waals surface area contributed by atoms with Crippen LogP contribution in [0.5, 0.6) is 5.75 Å². The van der Waals surface area contributed by atoms with E-state index in [2.05, 4.69) is 23.6 Å². The summed E-state index contributed by atoms with van der Waals surface area (Å²) in [5, 5.41) is 2.05. The number of carbonyl (C=O) groups is 1. The standard InChI is InChI=1S/C22H23N3O4S2/c1-13(2)15-5-8-17(9-6-15)31(27,28)24-22-23-18(12-30-22)16-7-10-20-19(11-16)25(4)21(26)14(3)29-20/h5-14H,1-4H3,(H,23,24). The normalized spacial score (nSPS) is 16.2. The molecule has 0 bridgehead atoms. The summed E-state index contributed by atoms with van der Waals surface area (Å²) in [6.07, 6.45) is -0.529. The summed E-state index contributed by atoms with van der Waals surface area (Å²) in [5.41, 5.74) is 3.10. The Kier molecular flexibility index (Phi) is 5.49. The van der Waals surface area contributed by atoms with Gasteiger partial charge in [-0.15, -0.1) is 11.3 Å². The van der Waals surface area contributed by atoms with Crippen molar-refractivity contribution >= 4 is 38.1 Å². The summed E-state index contributed by atoms with van der Waals surface area (Å²) in [4.78, 5) is 18.4. The van der Waals surface area contributed by atoms with Crippen molar-refractivity contribution in [3.8, 4) is 17.0 Å². The number of fused-ring (bicyclic) bond motifs is 1. The summed E-state index contributed by atoms with van der Waals surface area (Å²) in [6, 6.07) is 12.3. The number of hydrogen-bond donors (Lipinski definition) is 1. The molecule has 0 aliphatic carbocycles. The highest BCUT2D eigenvalue weighted by Gasteiger charge is 2.29. The molecule has 1 N–H and O–H groups in total. The quantitative estimate of drug-likeness (QED) is 0.610. The van der Waals surface area contributed by atoms with Gasteiger partial charge in [-0.2, -0.15) is 0 Å². The molecule has 0 radical (unpaired) electrons. The van der Waals surface area contributed by atoms with Crippen LogP contribution >= 0.6 is 11.3 Å². The number of carbonyl (C=O) groups excluding carboxylic acids is 1. The Labute approximate surface area is 185 Å². The first-order chi connectivity index (χ1) is 14.7. The topological polar surface area (TPSA) is 88.6 Å². The van der Waals surface area contributed by atoms with Gasteiger partial charge in [0.1, 0.15) is 5.75 Å². The minimum Gasteiger partial charge on any atom is -0.479 e. The molecule has 7 nitrogen and oxygen atoms in total. The minimum absolute atomic E-state index is 0.125. The largest absolute Gasteiger partial charge is 0.479 e. The molecule has 1 aliphatic rings. The number of benzene rings is 2. The molecule has 1 amide bonds. The second-order valence-corrected chi connectivity index (χ2v) is 10.2. The zero-order chi connectivity index (χ0) is 22.3. The molecule has 9 heteroatoms. The molecule has 0 saturated heterocycles. The second kappa shape index (κ2) is 7.97. The molecule has 1 unspecified atom stereocenters. The lowest BCUT2D eigenvalue weighted by molar-refractivity contribution is -0.125. The van der Waals surface area contributed by atoms with Crippen molar-refractivity contribution in [2.75, 3.05) is 16.7 Å². The van der Waals surface area contributed by atoms with Gasteiger partial charge in [-0.1, -0.05) is 26.0 Å². The number of nitrogens with zero attached hydrogens (tertiary/aromatic N) is 2. The smallest absolute Gasteiger partial charge is 0.267 e. The van der Waals surface area contributed by atoms with Gasteiger partial charge in [-0.3, -0.25) is 9.52 Å². The first-order valence-corrected chi connectivity index (χ1v) is 12.2. The average molecular weight is 458 g/mol. The average Bonchev–Trinajstić information content (AvgIpc) is 3.19. The molecule has 4 rings (SSSR count). The van der Waals surface area contributed by atoms with Crippen molar-refractivity contribution in [3.63, 3.8) is 0 Å². The molecular weight excluding hydrogens is 434 g/mol. The molecule has 1 aliphatic heterocycles. The monoisotopic (exact) mass is 457 g/mol. The van der Waals surface area contributed by atoms with E-state index in [0.717, 1.165) is 11.1 Å². The lowest BCUT2D eigenvalue weighted by Crippen LogP contribution is -2.41. The summed E-state index contributed by atoms with van der Waals surface area (Å²) >= 11 is 1.20. The molecular formula is C22H23N3O4S2. The third-order valence-electron chi connectivity index (χ3n) is 5.18. The number of hydrogen-bond acceptors (Lipinski definition) is 6. The molecule has 2 aromatic carbocycles. The van der Waals surface area contributed by atoms with Crippen LogP contribution in [-0.4, -0.2) is 32.5 Å². The summed E-state index contributed by atoms with van der Waals surface area (Å²) in [5.74, 6) is 0.824. The highest BCUT2D eigenvalue weighted by atomic mass is 32.2. The lowest BCUT2D eigenvalue weighted by atomic mass is 10.0. The number of amides is 1. The maximum absolute atomic E-state index is 12.7. The summed E-state index contributed by atoms with van der Waals surface area (Å²) in [7, 11) is -2.03.